The fourth-order valence-electron chi connectivity index (χ4n) is 3.07. The highest BCUT2D eigenvalue weighted by molar-refractivity contribution is 5.78. The quantitative estimate of drug-likeness (QED) is 0.667. The molecule has 3 nitrogen and oxygen atoms in total. The zero-order valence-electron chi connectivity index (χ0n) is 14.2. The zero-order valence-corrected chi connectivity index (χ0v) is 14.2. The fraction of sp³-hybridized carbons (Fsp3) is 0.941. The molecule has 0 aromatic heterocycles. The highest BCUT2D eigenvalue weighted by Crippen LogP contribution is 2.18. The molecule has 0 spiro atoms. The van der Waals surface area contributed by atoms with Gasteiger partial charge in [0.05, 0.1) is 0 Å². The smallest absolute Gasteiger partial charge is 0.225 e. The maximum absolute atomic E-state index is 12.2. The molecule has 0 saturated carbocycles. The van der Waals surface area contributed by atoms with Gasteiger partial charge in [-0.25, -0.2) is 0 Å². The Kier molecular flexibility index (Phi) is 7.57. The van der Waals surface area contributed by atoms with Crippen LogP contribution in [-0.2, 0) is 4.79 Å². The van der Waals surface area contributed by atoms with Gasteiger partial charge in [-0.15, -0.1) is 0 Å². The number of carbonyl (C=O) groups is 1. The average molecular weight is 282 g/mol. The molecule has 0 aromatic rings. The summed E-state index contributed by atoms with van der Waals surface area (Å²) in [6.45, 7) is 13.8. The lowest BCUT2D eigenvalue weighted by atomic mass is 10.0. The Balaban J connectivity index is 2.38. The average Bonchev–Trinajstić information content (AvgIpc) is 2.41. The summed E-state index contributed by atoms with van der Waals surface area (Å²) in [4.78, 5) is 16.9. The Hall–Kier alpha value is -0.570. The van der Waals surface area contributed by atoms with Crippen LogP contribution in [0.2, 0.25) is 0 Å². The second-order valence-electron chi connectivity index (χ2n) is 6.75. The van der Waals surface area contributed by atoms with Gasteiger partial charge in [0, 0.05) is 31.1 Å². The van der Waals surface area contributed by atoms with Crippen LogP contribution in [0.25, 0.3) is 0 Å². The Morgan fingerprint density at radius 2 is 1.70 bits per heavy atom. The van der Waals surface area contributed by atoms with Crippen LogP contribution < -0.4 is 0 Å². The van der Waals surface area contributed by atoms with Crippen molar-refractivity contribution in [2.75, 3.05) is 19.6 Å². The van der Waals surface area contributed by atoms with Crippen LogP contribution in [-0.4, -0.2) is 47.4 Å². The second kappa shape index (κ2) is 8.66. The van der Waals surface area contributed by atoms with Gasteiger partial charge in [0.1, 0.15) is 0 Å². The molecule has 1 aliphatic heterocycles. The number of piperazine rings is 1. The van der Waals surface area contributed by atoms with E-state index in [1.165, 1.54) is 38.6 Å². The molecule has 0 aromatic carbocycles. The van der Waals surface area contributed by atoms with E-state index in [0.717, 1.165) is 13.1 Å². The summed E-state index contributed by atoms with van der Waals surface area (Å²) in [6.07, 6.45) is 6.69. The van der Waals surface area contributed by atoms with Gasteiger partial charge in [0.2, 0.25) is 5.91 Å². The van der Waals surface area contributed by atoms with Crippen molar-refractivity contribution in [3.8, 4) is 0 Å². The molecule has 0 radical (unpaired) electrons. The van der Waals surface area contributed by atoms with E-state index in [-0.39, 0.29) is 5.92 Å². The van der Waals surface area contributed by atoms with Crippen molar-refractivity contribution in [2.24, 2.45) is 5.92 Å². The van der Waals surface area contributed by atoms with Gasteiger partial charge in [-0.3, -0.25) is 9.69 Å². The third kappa shape index (κ3) is 5.08. The topological polar surface area (TPSA) is 23.6 Å². The summed E-state index contributed by atoms with van der Waals surface area (Å²) in [5, 5.41) is 0. The highest BCUT2D eigenvalue weighted by Gasteiger charge is 2.32. The lowest BCUT2D eigenvalue weighted by Gasteiger charge is -2.44. The van der Waals surface area contributed by atoms with Crippen molar-refractivity contribution in [3.63, 3.8) is 0 Å². The normalized spacial score (nSPS) is 24.4. The molecular weight excluding hydrogens is 248 g/mol. The van der Waals surface area contributed by atoms with E-state index in [4.69, 9.17) is 0 Å². The van der Waals surface area contributed by atoms with Gasteiger partial charge in [-0.05, 0) is 26.8 Å². The van der Waals surface area contributed by atoms with E-state index in [2.05, 4.69) is 30.6 Å². The maximum Gasteiger partial charge on any atom is 0.225 e. The molecule has 1 heterocycles. The molecular formula is C17H34N2O. The van der Waals surface area contributed by atoms with Crippen molar-refractivity contribution in [3.05, 3.63) is 0 Å². The van der Waals surface area contributed by atoms with Crippen molar-refractivity contribution < 1.29 is 4.79 Å². The van der Waals surface area contributed by atoms with Gasteiger partial charge in [-0.2, -0.15) is 0 Å². The Morgan fingerprint density at radius 1 is 1.05 bits per heavy atom. The van der Waals surface area contributed by atoms with Gasteiger partial charge < -0.3 is 4.90 Å². The lowest BCUT2D eigenvalue weighted by Crippen LogP contribution is -2.58. The summed E-state index contributed by atoms with van der Waals surface area (Å²) in [6, 6.07) is 0.858. The van der Waals surface area contributed by atoms with Crippen LogP contribution in [0.1, 0.15) is 66.7 Å². The standard InChI is InChI=1S/C17H34N2O/c1-6-7-8-9-10-11-18-12-16(5)19(13-15(18)4)17(20)14(2)3/h14-16H,6-13H2,1-5H3. The van der Waals surface area contributed by atoms with E-state index < -0.39 is 0 Å². The minimum atomic E-state index is 0.116. The summed E-state index contributed by atoms with van der Waals surface area (Å²) in [5.74, 6) is 0.428. The van der Waals surface area contributed by atoms with Crippen LogP contribution in [0.15, 0.2) is 0 Å². The first-order chi connectivity index (χ1) is 9.47. The first kappa shape index (κ1) is 17.5. The SMILES string of the molecule is CCCCCCCN1CC(C)N(C(=O)C(C)C)CC1C. The van der Waals surface area contributed by atoms with Crippen molar-refractivity contribution in [2.45, 2.75) is 78.8 Å². The van der Waals surface area contributed by atoms with E-state index in [0.29, 0.717) is 18.0 Å². The molecule has 1 saturated heterocycles. The van der Waals surface area contributed by atoms with E-state index in [9.17, 15) is 4.79 Å². The molecule has 0 aliphatic carbocycles. The van der Waals surface area contributed by atoms with Gasteiger partial charge in [0.25, 0.3) is 0 Å². The first-order valence-corrected chi connectivity index (χ1v) is 8.51. The number of rotatable bonds is 7. The van der Waals surface area contributed by atoms with Crippen molar-refractivity contribution in [1.29, 1.82) is 0 Å². The summed E-state index contributed by atoms with van der Waals surface area (Å²) < 4.78 is 0. The summed E-state index contributed by atoms with van der Waals surface area (Å²) >= 11 is 0. The molecule has 2 atom stereocenters. The second-order valence-corrected chi connectivity index (χ2v) is 6.75. The predicted molar refractivity (Wildman–Crippen MR) is 85.8 cm³/mol. The number of hydrogen-bond acceptors (Lipinski definition) is 2. The van der Waals surface area contributed by atoms with Crippen molar-refractivity contribution in [1.82, 2.24) is 9.80 Å². The molecule has 118 valence electrons. The van der Waals surface area contributed by atoms with Gasteiger partial charge in [0.15, 0.2) is 0 Å². The van der Waals surface area contributed by atoms with Crippen LogP contribution >= 0.6 is 0 Å². The van der Waals surface area contributed by atoms with E-state index in [1.807, 2.05) is 13.8 Å². The van der Waals surface area contributed by atoms with Crippen LogP contribution in [0.5, 0.6) is 0 Å². The minimum Gasteiger partial charge on any atom is -0.337 e. The summed E-state index contributed by atoms with van der Waals surface area (Å²) in [7, 11) is 0. The predicted octanol–water partition coefficient (Wildman–Crippen LogP) is 3.53. The van der Waals surface area contributed by atoms with Gasteiger partial charge >= 0.3 is 0 Å². The summed E-state index contributed by atoms with van der Waals surface area (Å²) in [5.41, 5.74) is 0. The first-order valence-electron chi connectivity index (χ1n) is 8.51. The lowest BCUT2D eigenvalue weighted by molar-refractivity contribution is -0.140. The molecule has 1 rings (SSSR count). The van der Waals surface area contributed by atoms with E-state index >= 15 is 0 Å². The Bertz CT molecular complexity index is 291. The number of carbonyl (C=O) groups excluding carboxylic acids is 1. The molecule has 0 N–H and O–H groups in total. The van der Waals surface area contributed by atoms with Crippen molar-refractivity contribution >= 4 is 5.91 Å². The molecule has 2 unspecified atom stereocenters. The number of hydrogen-bond donors (Lipinski definition) is 0. The maximum atomic E-state index is 12.2. The number of unbranched alkanes of at least 4 members (excludes halogenated alkanes) is 4. The Morgan fingerprint density at radius 3 is 2.30 bits per heavy atom. The molecule has 1 amide bonds. The third-order valence-electron chi connectivity index (χ3n) is 4.44. The zero-order chi connectivity index (χ0) is 15.1. The number of nitrogens with zero attached hydrogens (tertiary/aromatic N) is 2. The van der Waals surface area contributed by atoms with Gasteiger partial charge in [-0.1, -0.05) is 46.5 Å². The third-order valence-corrected chi connectivity index (χ3v) is 4.44. The fourth-order valence-corrected chi connectivity index (χ4v) is 3.07. The molecule has 1 aliphatic rings. The minimum absolute atomic E-state index is 0.116. The molecule has 1 fully saturated rings. The number of amides is 1. The Labute approximate surface area is 125 Å². The molecule has 0 bridgehead atoms. The molecule has 20 heavy (non-hydrogen) atoms. The largest absolute Gasteiger partial charge is 0.337 e. The van der Waals surface area contributed by atoms with Crippen LogP contribution in [0.3, 0.4) is 0 Å². The highest BCUT2D eigenvalue weighted by atomic mass is 16.2. The van der Waals surface area contributed by atoms with Crippen LogP contribution in [0.4, 0.5) is 0 Å². The molecule has 3 heteroatoms. The monoisotopic (exact) mass is 282 g/mol. The van der Waals surface area contributed by atoms with E-state index in [1.54, 1.807) is 0 Å². The van der Waals surface area contributed by atoms with Crippen LogP contribution in [0, 0.1) is 5.92 Å².